The Bertz CT molecular complexity index is 398. The standard InChI is InChI=1S/C14H19NO3/c1-3-11-5-7-12(8-6-11)15-13(16)9-10-14(17)18-4-2/h5-8H,3-4,9-10H2,1-2H3,(H,15,16). The van der Waals surface area contributed by atoms with Crippen LogP contribution in [0.5, 0.6) is 0 Å². The summed E-state index contributed by atoms with van der Waals surface area (Å²) in [6.45, 7) is 4.17. The van der Waals surface area contributed by atoms with Gasteiger partial charge in [0.15, 0.2) is 0 Å². The van der Waals surface area contributed by atoms with Crippen molar-refractivity contribution in [1.82, 2.24) is 0 Å². The number of benzene rings is 1. The third-order valence-electron chi connectivity index (χ3n) is 2.51. The lowest BCUT2D eigenvalue weighted by atomic mass is 10.1. The first-order valence-electron chi connectivity index (χ1n) is 6.20. The Balaban J connectivity index is 2.37. The Morgan fingerprint density at radius 1 is 1.11 bits per heavy atom. The molecular formula is C14H19NO3. The zero-order valence-electron chi connectivity index (χ0n) is 10.9. The van der Waals surface area contributed by atoms with Gasteiger partial charge in [-0.3, -0.25) is 9.59 Å². The number of aryl methyl sites for hydroxylation is 1. The van der Waals surface area contributed by atoms with Crippen molar-refractivity contribution in [3.05, 3.63) is 29.8 Å². The van der Waals surface area contributed by atoms with E-state index in [1.807, 2.05) is 24.3 Å². The maximum absolute atomic E-state index is 11.6. The number of esters is 1. The third kappa shape index (κ3) is 4.99. The van der Waals surface area contributed by atoms with Gasteiger partial charge in [-0.05, 0) is 31.0 Å². The first kappa shape index (κ1) is 14.2. The average Bonchev–Trinajstić information content (AvgIpc) is 2.38. The molecule has 0 saturated carbocycles. The van der Waals surface area contributed by atoms with Crippen molar-refractivity contribution in [3.63, 3.8) is 0 Å². The Labute approximate surface area is 107 Å². The maximum Gasteiger partial charge on any atom is 0.306 e. The summed E-state index contributed by atoms with van der Waals surface area (Å²) in [5.74, 6) is -0.513. The minimum Gasteiger partial charge on any atom is -0.466 e. The number of amides is 1. The molecule has 4 heteroatoms. The van der Waals surface area contributed by atoms with E-state index in [2.05, 4.69) is 12.2 Å². The van der Waals surface area contributed by atoms with Gasteiger partial charge in [-0.25, -0.2) is 0 Å². The second-order valence-corrected chi connectivity index (χ2v) is 3.90. The van der Waals surface area contributed by atoms with Crippen LogP contribution in [-0.2, 0) is 20.7 Å². The van der Waals surface area contributed by atoms with Crippen molar-refractivity contribution in [2.45, 2.75) is 33.1 Å². The number of anilines is 1. The van der Waals surface area contributed by atoms with E-state index in [-0.39, 0.29) is 24.7 Å². The first-order chi connectivity index (χ1) is 8.65. The van der Waals surface area contributed by atoms with Crippen LogP contribution < -0.4 is 5.32 Å². The Kier molecular flexibility index (Phi) is 5.91. The van der Waals surface area contributed by atoms with Crippen LogP contribution in [0.3, 0.4) is 0 Å². The number of carbonyl (C=O) groups is 2. The molecule has 0 aliphatic rings. The Hall–Kier alpha value is -1.84. The van der Waals surface area contributed by atoms with Crippen LogP contribution in [0, 0.1) is 0 Å². The van der Waals surface area contributed by atoms with Crippen LogP contribution in [0.15, 0.2) is 24.3 Å². The normalized spacial score (nSPS) is 9.89. The minimum absolute atomic E-state index is 0.118. The van der Waals surface area contributed by atoms with Gasteiger partial charge in [0.1, 0.15) is 0 Å². The predicted molar refractivity (Wildman–Crippen MR) is 70.3 cm³/mol. The number of ether oxygens (including phenoxy) is 1. The van der Waals surface area contributed by atoms with Crippen molar-refractivity contribution in [2.24, 2.45) is 0 Å². The monoisotopic (exact) mass is 249 g/mol. The summed E-state index contributed by atoms with van der Waals surface area (Å²) in [7, 11) is 0. The molecular weight excluding hydrogens is 230 g/mol. The SMILES string of the molecule is CCOC(=O)CCC(=O)Nc1ccc(CC)cc1. The molecule has 0 spiro atoms. The molecule has 0 fully saturated rings. The highest BCUT2D eigenvalue weighted by Gasteiger charge is 2.07. The number of nitrogens with one attached hydrogen (secondary N) is 1. The van der Waals surface area contributed by atoms with Gasteiger partial charge in [-0.15, -0.1) is 0 Å². The molecule has 0 heterocycles. The Morgan fingerprint density at radius 2 is 1.78 bits per heavy atom. The highest BCUT2D eigenvalue weighted by molar-refractivity contribution is 5.92. The number of hydrogen-bond acceptors (Lipinski definition) is 3. The zero-order valence-corrected chi connectivity index (χ0v) is 10.9. The average molecular weight is 249 g/mol. The van der Waals surface area contributed by atoms with Gasteiger partial charge >= 0.3 is 5.97 Å². The molecule has 1 rings (SSSR count). The summed E-state index contributed by atoms with van der Waals surface area (Å²) < 4.78 is 4.75. The molecule has 0 aromatic heterocycles. The summed E-state index contributed by atoms with van der Waals surface area (Å²) >= 11 is 0. The summed E-state index contributed by atoms with van der Waals surface area (Å²) in [4.78, 5) is 22.6. The molecule has 0 saturated heterocycles. The van der Waals surface area contributed by atoms with Crippen molar-refractivity contribution in [1.29, 1.82) is 0 Å². The van der Waals surface area contributed by atoms with Gasteiger partial charge in [0.05, 0.1) is 13.0 Å². The van der Waals surface area contributed by atoms with Crippen LogP contribution in [0.1, 0.15) is 32.3 Å². The van der Waals surface area contributed by atoms with Crippen molar-refractivity contribution >= 4 is 17.6 Å². The fraction of sp³-hybridized carbons (Fsp3) is 0.429. The molecule has 4 nitrogen and oxygen atoms in total. The van der Waals surface area contributed by atoms with Crippen LogP contribution in [0.2, 0.25) is 0 Å². The van der Waals surface area contributed by atoms with Gasteiger partial charge in [-0.1, -0.05) is 19.1 Å². The molecule has 0 unspecified atom stereocenters. The lowest BCUT2D eigenvalue weighted by molar-refractivity contribution is -0.144. The molecule has 1 aromatic carbocycles. The van der Waals surface area contributed by atoms with Gasteiger partial charge in [0, 0.05) is 12.1 Å². The Morgan fingerprint density at radius 3 is 2.33 bits per heavy atom. The fourth-order valence-electron chi connectivity index (χ4n) is 1.50. The summed E-state index contributed by atoms with van der Waals surface area (Å²) in [6, 6.07) is 7.67. The van der Waals surface area contributed by atoms with Crippen LogP contribution >= 0.6 is 0 Å². The van der Waals surface area contributed by atoms with E-state index in [0.29, 0.717) is 6.61 Å². The molecule has 0 atom stereocenters. The smallest absolute Gasteiger partial charge is 0.306 e. The fourth-order valence-corrected chi connectivity index (χ4v) is 1.50. The van der Waals surface area contributed by atoms with E-state index in [1.54, 1.807) is 6.92 Å². The second-order valence-electron chi connectivity index (χ2n) is 3.90. The number of hydrogen-bond donors (Lipinski definition) is 1. The van der Waals surface area contributed by atoms with Crippen LogP contribution in [0.4, 0.5) is 5.69 Å². The van der Waals surface area contributed by atoms with Gasteiger partial charge in [-0.2, -0.15) is 0 Å². The second kappa shape index (κ2) is 7.48. The van der Waals surface area contributed by atoms with E-state index in [9.17, 15) is 9.59 Å². The highest BCUT2D eigenvalue weighted by atomic mass is 16.5. The quantitative estimate of drug-likeness (QED) is 0.788. The lowest BCUT2D eigenvalue weighted by Gasteiger charge is -2.06. The van der Waals surface area contributed by atoms with Gasteiger partial charge in [0.2, 0.25) is 5.91 Å². The molecule has 1 N–H and O–H groups in total. The highest BCUT2D eigenvalue weighted by Crippen LogP contribution is 2.10. The lowest BCUT2D eigenvalue weighted by Crippen LogP contribution is -2.14. The third-order valence-corrected chi connectivity index (χ3v) is 2.51. The summed E-state index contributed by atoms with van der Waals surface area (Å²) in [5.41, 5.74) is 1.97. The molecule has 0 aliphatic carbocycles. The van der Waals surface area contributed by atoms with E-state index in [0.717, 1.165) is 12.1 Å². The molecule has 1 amide bonds. The first-order valence-corrected chi connectivity index (χ1v) is 6.20. The van der Waals surface area contributed by atoms with Crippen molar-refractivity contribution < 1.29 is 14.3 Å². The van der Waals surface area contributed by atoms with Crippen molar-refractivity contribution in [2.75, 3.05) is 11.9 Å². The minimum atomic E-state index is -0.339. The molecule has 0 bridgehead atoms. The molecule has 0 radical (unpaired) electrons. The van der Waals surface area contributed by atoms with Gasteiger partial charge < -0.3 is 10.1 Å². The summed E-state index contributed by atoms with van der Waals surface area (Å²) in [6.07, 6.45) is 1.23. The van der Waals surface area contributed by atoms with E-state index < -0.39 is 0 Å². The molecule has 1 aromatic rings. The van der Waals surface area contributed by atoms with Crippen LogP contribution in [-0.4, -0.2) is 18.5 Å². The number of carbonyl (C=O) groups excluding carboxylic acids is 2. The molecule has 98 valence electrons. The number of rotatable bonds is 6. The summed E-state index contributed by atoms with van der Waals surface area (Å²) in [5, 5.41) is 2.74. The molecule has 18 heavy (non-hydrogen) atoms. The van der Waals surface area contributed by atoms with E-state index in [1.165, 1.54) is 5.56 Å². The zero-order chi connectivity index (χ0) is 13.4. The van der Waals surface area contributed by atoms with E-state index in [4.69, 9.17) is 4.74 Å². The van der Waals surface area contributed by atoms with E-state index >= 15 is 0 Å². The van der Waals surface area contributed by atoms with Crippen LogP contribution in [0.25, 0.3) is 0 Å². The topological polar surface area (TPSA) is 55.4 Å². The predicted octanol–water partition coefficient (Wildman–Crippen LogP) is 2.53. The van der Waals surface area contributed by atoms with Gasteiger partial charge in [0.25, 0.3) is 0 Å². The maximum atomic E-state index is 11.6. The molecule has 0 aliphatic heterocycles. The largest absolute Gasteiger partial charge is 0.466 e. The van der Waals surface area contributed by atoms with Crippen molar-refractivity contribution in [3.8, 4) is 0 Å².